The van der Waals surface area contributed by atoms with E-state index in [4.69, 9.17) is 0 Å². The second-order valence-corrected chi connectivity index (χ2v) is 13.2. The minimum atomic E-state index is 0.119. The summed E-state index contributed by atoms with van der Waals surface area (Å²) in [7, 11) is 0. The minimum absolute atomic E-state index is 0.119. The van der Waals surface area contributed by atoms with E-state index in [0.717, 1.165) is 90.2 Å². The number of fused-ring (bicyclic) bond motifs is 13. The van der Waals surface area contributed by atoms with Crippen LogP contribution in [-0.2, 0) is 6.54 Å². The third kappa shape index (κ3) is 2.67. The van der Waals surface area contributed by atoms with Gasteiger partial charge in [-0.3, -0.25) is 9.59 Å². The fourth-order valence-corrected chi connectivity index (χ4v) is 9.34. The summed E-state index contributed by atoms with van der Waals surface area (Å²) in [5, 5.41) is 10.3. The molecular weight excluding hydrogens is 519 g/mol. The molecule has 39 heavy (non-hydrogen) atoms. The zero-order valence-corrected chi connectivity index (χ0v) is 22.9. The SMILES string of the molecule is CC(C)Cn1c2c(sc3c(=O)c4cc5ccccc5cc4c32)c2sc3c(=O)c4cc5ccccc5cc4c3c21. The summed E-state index contributed by atoms with van der Waals surface area (Å²) in [6.45, 7) is 5.28. The fourth-order valence-electron chi connectivity index (χ4n) is 6.66. The molecule has 9 rings (SSSR count). The van der Waals surface area contributed by atoms with Crippen LogP contribution in [0.2, 0.25) is 0 Å². The first kappa shape index (κ1) is 21.8. The van der Waals surface area contributed by atoms with Crippen LogP contribution in [0.4, 0.5) is 0 Å². The molecule has 0 unspecified atom stereocenters. The van der Waals surface area contributed by atoms with Crippen molar-refractivity contribution in [3.8, 4) is 0 Å². The summed E-state index contributed by atoms with van der Waals surface area (Å²) in [6.07, 6.45) is 0. The lowest BCUT2D eigenvalue weighted by Gasteiger charge is -2.10. The Kier molecular flexibility index (Phi) is 4.10. The normalized spacial score (nSPS) is 12.9. The van der Waals surface area contributed by atoms with Crippen molar-refractivity contribution in [2.24, 2.45) is 5.92 Å². The Morgan fingerprint density at radius 1 is 0.590 bits per heavy atom. The molecule has 0 N–H and O–H groups in total. The first-order valence-corrected chi connectivity index (χ1v) is 14.9. The van der Waals surface area contributed by atoms with Crippen LogP contribution in [-0.4, -0.2) is 4.57 Å². The van der Waals surface area contributed by atoms with E-state index in [2.05, 4.69) is 79.1 Å². The number of hydrogen-bond donors (Lipinski definition) is 0. The predicted molar refractivity (Wildman–Crippen MR) is 170 cm³/mol. The lowest BCUT2D eigenvalue weighted by Crippen LogP contribution is -2.03. The van der Waals surface area contributed by atoms with Gasteiger partial charge in [-0.2, -0.15) is 0 Å². The molecule has 3 nitrogen and oxygen atoms in total. The highest BCUT2D eigenvalue weighted by Gasteiger charge is 2.28. The van der Waals surface area contributed by atoms with Gasteiger partial charge in [-0.25, -0.2) is 0 Å². The molecule has 0 amide bonds. The Labute approximate surface area is 229 Å². The lowest BCUT2D eigenvalue weighted by atomic mass is 10.1. The van der Waals surface area contributed by atoms with E-state index >= 15 is 0 Å². The van der Waals surface area contributed by atoms with Gasteiger partial charge in [0.2, 0.25) is 10.9 Å². The molecule has 3 heterocycles. The van der Waals surface area contributed by atoms with E-state index in [0.29, 0.717) is 5.92 Å². The molecule has 0 aliphatic carbocycles. The summed E-state index contributed by atoms with van der Waals surface area (Å²) < 4.78 is 6.36. The summed E-state index contributed by atoms with van der Waals surface area (Å²) in [5.74, 6) is 0.399. The van der Waals surface area contributed by atoms with E-state index in [-0.39, 0.29) is 10.9 Å². The van der Waals surface area contributed by atoms with Gasteiger partial charge in [-0.15, -0.1) is 22.7 Å². The van der Waals surface area contributed by atoms with Crippen molar-refractivity contribution in [3.63, 3.8) is 0 Å². The highest BCUT2D eigenvalue weighted by atomic mass is 32.1. The Morgan fingerprint density at radius 3 is 1.36 bits per heavy atom. The molecular formula is C34H21NO2S2. The number of thiophene rings is 2. The van der Waals surface area contributed by atoms with Crippen LogP contribution in [0, 0.1) is 5.92 Å². The molecule has 0 aliphatic heterocycles. The third-order valence-corrected chi connectivity index (χ3v) is 10.8. The number of rotatable bonds is 2. The van der Waals surface area contributed by atoms with Crippen LogP contribution in [0.25, 0.3) is 83.7 Å². The highest BCUT2D eigenvalue weighted by molar-refractivity contribution is 7.34. The molecule has 0 aliphatic rings. The fraction of sp³-hybridized carbons (Fsp3) is 0.118. The minimum Gasteiger partial charge on any atom is -0.338 e. The lowest BCUT2D eigenvalue weighted by molar-refractivity contribution is 0.547. The quantitative estimate of drug-likeness (QED) is 0.220. The van der Waals surface area contributed by atoms with E-state index in [1.54, 1.807) is 22.7 Å². The van der Waals surface area contributed by atoms with Gasteiger partial charge in [0.15, 0.2) is 0 Å². The molecule has 0 saturated carbocycles. The topological polar surface area (TPSA) is 39.1 Å². The molecule has 9 aromatic rings. The molecule has 6 aromatic carbocycles. The van der Waals surface area contributed by atoms with E-state index in [1.807, 2.05) is 12.1 Å². The predicted octanol–water partition coefficient (Wildman–Crippen LogP) is 9.09. The van der Waals surface area contributed by atoms with E-state index < -0.39 is 0 Å². The Hall–Kier alpha value is -4.06. The zero-order valence-electron chi connectivity index (χ0n) is 21.3. The largest absolute Gasteiger partial charge is 0.338 e. The molecule has 0 atom stereocenters. The van der Waals surface area contributed by atoms with Crippen molar-refractivity contribution >= 4 is 106 Å². The highest BCUT2D eigenvalue weighted by Crippen LogP contribution is 2.50. The first-order chi connectivity index (χ1) is 19.0. The summed E-state index contributed by atoms with van der Waals surface area (Å²) in [5.41, 5.74) is 2.54. The van der Waals surface area contributed by atoms with Gasteiger partial charge in [-0.05, 0) is 62.5 Å². The maximum absolute atomic E-state index is 13.7. The molecule has 0 bridgehead atoms. The van der Waals surface area contributed by atoms with Crippen molar-refractivity contribution in [1.29, 1.82) is 0 Å². The van der Waals surface area contributed by atoms with Gasteiger partial charge in [-0.1, -0.05) is 62.4 Å². The van der Waals surface area contributed by atoms with Gasteiger partial charge in [0.05, 0.1) is 29.8 Å². The van der Waals surface area contributed by atoms with Gasteiger partial charge < -0.3 is 4.57 Å². The molecule has 0 fully saturated rings. The Morgan fingerprint density at radius 2 is 0.974 bits per heavy atom. The molecule has 3 aromatic heterocycles. The monoisotopic (exact) mass is 539 g/mol. The maximum atomic E-state index is 13.7. The van der Waals surface area contributed by atoms with Crippen molar-refractivity contribution in [2.75, 3.05) is 0 Å². The maximum Gasteiger partial charge on any atom is 0.204 e. The molecule has 0 saturated heterocycles. The number of aromatic nitrogens is 1. The van der Waals surface area contributed by atoms with Gasteiger partial charge >= 0.3 is 0 Å². The molecule has 0 spiro atoms. The number of benzene rings is 4. The molecule has 0 radical (unpaired) electrons. The van der Waals surface area contributed by atoms with Crippen molar-refractivity contribution in [2.45, 2.75) is 20.4 Å². The van der Waals surface area contributed by atoms with Gasteiger partial charge in [0.25, 0.3) is 0 Å². The second kappa shape index (κ2) is 7.32. The molecule has 186 valence electrons. The van der Waals surface area contributed by atoms with Crippen LogP contribution in [0.3, 0.4) is 0 Å². The first-order valence-electron chi connectivity index (χ1n) is 13.3. The Bertz CT molecular complexity index is 2430. The summed E-state index contributed by atoms with van der Waals surface area (Å²) in [6, 6.07) is 25.0. The smallest absolute Gasteiger partial charge is 0.204 e. The van der Waals surface area contributed by atoms with Gasteiger partial charge in [0.1, 0.15) is 0 Å². The number of nitrogens with zero attached hydrogens (tertiary/aromatic N) is 1. The van der Waals surface area contributed by atoms with Crippen molar-refractivity contribution < 1.29 is 0 Å². The number of hydrogen-bond acceptors (Lipinski definition) is 4. The van der Waals surface area contributed by atoms with Crippen LogP contribution < -0.4 is 10.9 Å². The summed E-state index contributed by atoms with van der Waals surface area (Å²) in [4.78, 5) is 27.4. The third-order valence-electron chi connectivity index (χ3n) is 8.27. The zero-order chi connectivity index (χ0) is 26.2. The Balaban J connectivity index is 1.52. The van der Waals surface area contributed by atoms with Crippen LogP contribution >= 0.6 is 22.7 Å². The van der Waals surface area contributed by atoms with Crippen LogP contribution in [0.5, 0.6) is 0 Å². The van der Waals surface area contributed by atoms with E-state index in [9.17, 15) is 9.59 Å². The van der Waals surface area contributed by atoms with Crippen molar-refractivity contribution in [3.05, 3.63) is 93.2 Å². The average Bonchev–Trinajstić information content (AvgIpc) is 3.69. The standard InChI is InChI=1S/C34H21NO2S2/c1-16(2)15-35-27-25-21-11-17-7-3-5-9-19(17)13-23(21)29(36)31(25)38-33(27)34-28(35)26-22-12-18-8-4-6-10-20(18)14-24(22)30(37)32(26)39-34/h3-14,16H,15H2,1-2H3. The average molecular weight is 540 g/mol. The van der Waals surface area contributed by atoms with Crippen LogP contribution in [0.15, 0.2) is 82.4 Å². The van der Waals surface area contributed by atoms with E-state index in [1.165, 1.54) is 0 Å². The summed E-state index contributed by atoms with van der Waals surface area (Å²) >= 11 is 3.21. The van der Waals surface area contributed by atoms with Gasteiger partial charge in [0, 0.05) is 28.1 Å². The van der Waals surface area contributed by atoms with Crippen LogP contribution in [0.1, 0.15) is 13.8 Å². The van der Waals surface area contributed by atoms with Crippen molar-refractivity contribution in [1.82, 2.24) is 4.57 Å². The second-order valence-electron chi connectivity index (χ2n) is 11.1. The molecule has 5 heteroatoms.